The number of nitrogens with zero attached hydrogens (tertiary/aromatic N) is 6. The second kappa shape index (κ2) is 7.11. The highest BCUT2D eigenvalue weighted by atomic mass is 35.5. The van der Waals surface area contributed by atoms with Crippen molar-refractivity contribution in [1.29, 1.82) is 0 Å². The standard InChI is InChI=1S/C20H19ClN6O2/c1-12-2-4-15(27-23-6-7-24-27)19(25-12)20(28)26-11-13-8-16(26)17(9-13)29-18-5-3-14(21)10-22-18/h2-7,10,13,16-17H,8-9,11H2,1H3/t13-,16+,17-/m1/s1. The van der Waals surface area contributed by atoms with E-state index in [1.54, 1.807) is 30.7 Å². The molecular formula is C20H19ClN6O2. The lowest BCUT2D eigenvalue weighted by atomic mass is 10.1. The number of fused-ring (bicyclic) bond motifs is 2. The Morgan fingerprint density at radius 2 is 2.00 bits per heavy atom. The zero-order chi connectivity index (χ0) is 20.0. The molecule has 0 unspecified atom stereocenters. The molecule has 2 fully saturated rings. The second-order valence-corrected chi connectivity index (χ2v) is 7.91. The highest BCUT2D eigenvalue weighted by Crippen LogP contribution is 2.40. The minimum Gasteiger partial charge on any atom is -0.472 e. The van der Waals surface area contributed by atoms with Gasteiger partial charge in [0.15, 0.2) is 5.69 Å². The molecule has 9 heteroatoms. The zero-order valence-corrected chi connectivity index (χ0v) is 16.5. The number of pyridine rings is 2. The number of aryl methyl sites for hydroxylation is 1. The van der Waals surface area contributed by atoms with Crippen LogP contribution in [0.15, 0.2) is 42.9 Å². The lowest BCUT2D eigenvalue weighted by Crippen LogP contribution is -2.47. The molecule has 1 saturated carbocycles. The molecule has 0 aromatic carbocycles. The van der Waals surface area contributed by atoms with Crippen molar-refractivity contribution in [3.63, 3.8) is 0 Å². The predicted molar refractivity (Wildman–Crippen MR) is 105 cm³/mol. The zero-order valence-electron chi connectivity index (χ0n) is 15.8. The third-order valence-electron chi connectivity index (χ3n) is 5.51. The number of carbonyl (C=O) groups excluding carboxylic acids is 1. The van der Waals surface area contributed by atoms with E-state index < -0.39 is 0 Å². The Morgan fingerprint density at radius 1 is 1.17 bits per heavy atom. The number of amides is 1. The molecule has 29 heavy (non-hydrogen) atoms. The van der Waals surface area contributed by atoms with Gasteiger partial charge < -0.3 is 9.64 Å². The molecule has 0 N–H and O–H groups in total. The first-order chi connectivity index (χ1) is 14.1. The van der Waals surface area contributed by atoms with E-state index >= 15 is 0 Å². The molecule has 5 rings (SSSR count). The molecule has 2 bridgehead atoms. The van der Waals surface area contributed by atoms with Crippen molar-refractivity contribution in [3.05, 3.63) is 59.3 Å². The molecule has 0 radical (unpaired) electrons. The van der Waals surface area contributed by atoms with E-state index in [0.717, 1.165) is 18.5 Å². The van der Waals surface area contributed by atoms with E-state index in [9.17, 15) is 4.79 Å². The van der Waals surface area contributed by atoms with Gasteiger partial charge in [0.1, 0.15) is 11.8 Å². The van der Waals surface area contributed by atoms with Crippen LogP contribution in [0.2, 0.25) is 5.02 Å². The number of aromatic nitrogens is 5. The minimum absolute atomic E-state index is 0.00859. The van der Waals surface area contributed by atoms with Gasteiger partial charge in [-0.05, 0) is 43.9 Å². The van der Waals surface area contributed by atoms with Crippen molar-refractivity contribution < 1.29 is 9.53 Å². The summed E-state index contributed by atoms with van der Waals surface area (Å²) in [5, 5.41) is 8.89. The molecule has 2 aliphatic rings. The maximum atomic E-state index is 13.5. The van der Waals surface area contributed by atoms with Crippen molar-refractivity contribution in [2.45, 2.75) is 31.9 Å². The topological polar surface area (TPSA) is 86.0 Å². The highest BCUT2D eigenvalue weighted by molar-refractivity contribution is 6.30. The number of piperidine rings is 1. The fourth-order valence-corrected chi connectivity index (χ4v) is 4.37. The molecule has 1 amide bonds. The van der Waals surface area contributed by atoms with Crippen molar-refractivity contribution in [2.24, 2.45) is 5.92 Å². The van der Waals surface area contributed by atoms with Gasteiger partial charge in [0, 0.05) is 24.5 Å². The van der Waals surface area contributed by atoms with Crippen LogP contribution in [-0.2, 0) is 0 Å². The molecular weight excluding hydrogens is 392 g/mol. The van der Waals surface area contributed by atoms with Gasteiger partial charge in [0.05, 0.1) is 23.5 Å². The molecule has 3 aromatic heterocycles. The van der Waals surface area contributed by atoms with E-state index in [0.29, 0.717) is 34.7 Å². The monoisotopic (exact) mass is 410 g/mol. The van der Waals surface area contributed by atoms with Crippen LogP contribution in [0.1, 0.15) is 29.0 Å². The van der Waals surface area contributed by atoms with Gasteiger partial charge in [-0.2, -0.15) is 10.2 Å². The largest absolute Gasteiger partial charge is 0.472 e. The average molecular weight is 411 g/mol. The van der Waals surface area contributed by atoms with Gasteiger partial charge in [-0.1, -0.05) is 11.6 Å². The van der Waals surface area contributed by atoms with Crippen LogP contribution in [0.25, 0.3) is 5.69 Å². The third-order valence-corrected chi connectivity index (χ3v) is 5.73. The molecule has 148 valence electrons. The summed E-state index contributed by atoms with van der Waals surface area (Å²) in [6.07, 6.45) is 6.46. The van der Waals surface area contributed by atoms with Crippen molar-refractivity contribution in [1.82, 2.24) is 29.9 Å². The summed E-state index contributed by atoms with van der Waals surface area (Å²) in [5.41, 5.74) is 1.70. The number of likely N-dealkylation sites (tertiary alicyclic amines) is 1. The van der Waals surface area contributed by atoms with Gasteiger partial charge in [-0.25, -0.2) is 9.97 Å². The van der Waals surface area contributed by atoms with Crippen LogP contribution in [0.3, 0.4) is 0 Å². The highest BCUT2D eigenvalue weighted by Gasteiger charge is 2.49. The maximum absolute atomic E-state index is 13.5. The van der Waals surface area contributed by atoms with Crippen LogP contribution in [0, 0.1) is 12.8 Å². The summed E-state index contributed by atoms with van der Waals surface area (Å²) in [4.78, 5) is 25.5. The Hall–Kier alpha value is -3.00. The fourth-order valence-electron chi connectivity index (χ4n) is 4.26. The Bertz CT molecular complexity index is 1040. The van der Waals surface area contributed by atoms with E-state index in [4.69, 9.17) is 16.3 Å². The smallest absolute Gasteiger partial charge is 0.275 e. The van der Waals surface area contributed by atoms with Gasteiger partial charge in [0.2, 0.25) is 5.88 Å². The number of ether oxygens (including phenoxy) is 1. The maximum Gasteiger partial charge on any atom is 0.275 e. The van der Waals surface area contributed by atoms with E-state index in [1.807, 2.05) is 24.0 Å². The van der Waals surface area contributed by atoms with Gasteiger partial charge in [-0.3, -0.25) is 4.79 Å². The molecule has 1 aliphatic heterocycles. The molecule has 4 heterocycles. The molecule has 1 saturated heterocycles. The lowest BCUT2D eigenvalue weighted by molar-refractivity contribution is 0.0461. The first-order valence-corrected chi connectivity index (χ1v) is 9.90. The molecule has 1 aliphatic carbocycles. The van der Waals surface area contributed by atoms with Crippen molar-refractivity contribution >= 4 is 17.5 Å². The van der Waals surface area contributed by atoms with Crippen LogP contribution in [0.5, 0.6) is 5.88 Å². The van der Waals surface area contributed by atoms with Crippen molar-refractivity contribution in [2.75, 3.05) is 6.54 Å². The number of halogens is 1. The van der Waals surface area contributed by atoms with Crippen LogP contribution in [0.4, 0.5) is 0 Å². The fraction of sp³-hybridized carbons (Fsp3) is 0.350. The van der Waals surface area contributed by atoms with E-state index in [-0.39, 0.29) is 18.1 Å². The van der Waals surface area contributed by atoms with E-state index in [1.165, 1.54) is 4.80 Å². The second-order valence-electron chi connectivity index (χ2n) is 7.47. The summed E-state index contributed by atoms with van der Waals surface area (Å²) in [6.45, 7) is 2.57. The minimum atomic E-state index is -0.120. The molecule has 3 atom stereocenters. The first kappa shape index (κ1) is 18.1. The Morgan fingerprint density at radius 3 is 2.72 bits per heavy atom. The first-order valence-electron chi connectivity index (χ1n) is 9.52. The summed E-state index contributed by atoms with van der Waals surface area (Å²) in [5.74, 6) is 0.817. The van der Waals surface area contributed by atoms with Gasteiger partial charge in [0.25, 0.3) is 5.91 Å². The lowest BCUT2D eigenvalue weighted by Gasteiger charge is -2.33. The number of hydrogen-bond acceptors (Lipinski definition) is 6. The molecule has 3 aromatic rings. The van der Waals surface area contributed by atoms with Crippen LogP contribution < -0.4 is 4.74 Å². The Balaban J connectivity index is 1.41. The van der Waals surface area contributed by atoms with Gasteiger partial charge >= 0.3 is 0 Å². The summed E-state index contributed by atoms with van der Waals surface area (Å²) < 4.78 is 6.09. The Kier molecular flexibility index (Phi) is 4.43. The molecule has 0 spiro atoms. The third kappa shape index (κ3) is 3.33. The SMILES string of the molecule is Cc1ccc(-n2nccn2)c(C(=O)N2C[C@H]3C[C@@H](Oc4ccc(Cl)cn4)[C@@H]2C3)n1. The Labute approximate surface area is 172 Å². The van der Waals surface area contributed by atoms with Crippen LogP contribution >= 0.6 is 11.6 Å². The van der Waals surface area contributed by atoms with Crippen LogP contribution in [-0.4, -0.2) is 54.5 Å². The number of carbonyl (C=O) groups is 1. The normalized spacial score (nSPS) is 22.8. The number of rotatable bonds is 4. The predicted octanol–water partition coefficient (Wildman–Crippen LogP) is 2.70. The summed E-state index contributed by atoms with van der Waals surface area (Å²) in [6, 6.07) is 7.18. The van der Waals surface area contributed by atoms with Gasteiger partial charge in [-0.15, -0.1) is 4.80 Å². The summed E-state index contributed by atoms with van der Waals surface area (Å²) >= 11 is 5.90. The van der Waals surface area contributed by atoms with E-state index in [2.05, 4.69) is 20.2 Å². The quantitative estimate of drug-likeness (QED) is 0.657. The molecule has 8 nitrogen and oxygen atoms in total. The van der Waals surface area contributed by atoms with Crippen molar-refractivity contribution in [3.8, 4) is 11.6 Å². The average Bonchev–Trinajstić information content (AvgIpc) is 3.46. The number of hydrogen-bond donors (Lipinski definition) is 0. The summed E-state index contributed by atoms with van der Waals surface area (Å²) in [7, 11) is 0.